The summed E-state index contributed by atoms with van der Waals surface area (Å²) in [7, 11) is 0. The summed E-state index contributed by atoms with van der Waals surface area (Å²) in [6.07, 6.45) is -10.9. The van der Waals surface area contributed by atoms with E-state index in [2.05, 4.69) is 5.32 Å². The van der Waals surface area contributed by atoms with Crippen LogP contribution < -0.4 is 5.32 Å². The summed E-state index contributed by atoms with van der Waals surface area (Å²) in [5, 5.41) is 14.9. The molecule has 158 valence electrons. The first-order valence-corrected chi connectivity index (χ1v) is 9.74. The quantitative estimate of drug-likeness (QED) is 0.365. The number of aliphatic hydroxyl groups is 1. The number of aliphatic hydroxyl groups excluding tert-OH is 1. The zero-order valence-electron chi connectivity index (χ0n) is 15.0. The molecule has 1 unspecified atom stereocenters. The Morgan fingerprint density at radius 1 is 1.00 bits per heavy atom. The highest BCUT2D eigenvalue weighted by molar-refractivity contribution is 7.23. The predicted molar refractivity (Wildman–Crippen MR) is 104 cm³/mol. The largest absolute Gasteiger partial charge is 0.417 e. The SMILES string of the molecule is CC1=C(Cl)C(O)c2c(sc3cc(-c4ccc(C(F)(F)F)cc4C(F)(F)F)ccc23)N1. The van der Waals surface area contributed by atoms with Crippen molar-refractivity contribution in [3.63, 3.8) is 0 Å². The summed E-state index contributed by atoms with van der Waals surface area (Å²) in [5.74, 6) is 0. The summed E-state index contributed by atoms with van der Waals surface area (Å²) < 4.78 is 79.9. The zero-order valence-corrected chi connectivity index (χ0v) is 16.6. The van der Waals surface area contributed by atoms with Crippen molar-refractivity contribution in [3.05, 3.63) is 63.8 Å². The minimum absolute atomic E-state index is 0.118. The van der Waals surface area contributed by atoms with Crippen LogP contribution in [0.1, 0.15) is 29.7 Å². The first-order chi connectivity index (χ1) is 13.9. The third-order valence-corrected chi connectivity index (χ3v) is 6.44. The maximum Gasteiger partial charge on any atom is 0.417 e. The summed E-state index contributed by atoms with van der Waals surface area (Å²) in [4.78, 5) is 0. The molecule has 1 aliphatic heterocycles. The van der Waals surface area contributed by atoms with Crippen LogP contribution in [0.4, 0.5) is 31.3 Å². The number of hydrogen-bond donors (Lipinski definition) is 2. The maximum absolute atomic E-state index is 13.5. The van der Waals surface area contributed by atoms with Crippen LogP contribution in [0.2, 0.25) is 0 Å². The number of fused-ring (bicyclic) bond motifs is 3. The highest BCUT2D eigenvalue weighted by Crippen LogP contribution is 2.48. The van der Waals surface area contributed by atoms with Gasteiger partial charge in [0.1, 0.15) is 6.10 Å². The number of alkyl halides is 6. The lowest BCUT2D eigenvalue weighted by molar-refractivity contribution is -0.142. The normalized spacial score (nSPS) is 17.3. The molecular weight excluding hydrogens is 452 g/mol. The lowest BCUT2D eigenvalue weighted by Gasteiger charge is -2.21. The van der Waals surface area contributed by atoms with Gasteiger partial charge in [-0.25, -0.2) is 0 Å². The standard InChI is InChI=1S/C20H12ClF6NOS/c1-8-16(21)17(29)15-12-4-2-9(6-14(12)30-18(15)28-8)11-5-3-10(19(22,23)24)7-13(11)20(25,26)27/h2-7,17,28-29H,1H3. The maximum atomic E-state index is 13.5. The molecular formula is C20H12ClF6NOS. The molecule has 2 nitrogen and oxygen atoms in total. The molecule has 0 bridgehead atoms. The molecule has 0 fully saturated rings. The number of benzene rings is 2. The van der Waals surface area contributed by atoms with Gasteiger partial charge in [-0.15, -0.1) is 11.3 Å². The number of thiophene rings is 1. The Labute approximate surface area is 175 Å². The molecule has 2 heterocycles. The van der Waals surface area contributed by atoms with E-state index >= 15 is 0 Å². The van der Waals surface area contributed by atoms with Gasteiger partial charge in [-0.2, -0.15) is 26.3 Å². The van der Waals surface area contributed by atoms with Crippen molar-refractivity contribution in [2.45, 2.75) is 25.4 Å². The van der Waals surface area contributed by atoms with Gasteiger partial charge in [0.15, 0.2) is 0 Å². The Hall–Kier alpha value is -2.23. The van der Waals surface area contributed by atoms with Crippen molar-refractivity contribution in [1.82, 2.24) is 0 Å². The molecule has 2 N–H and O–H groups in total. The fourth-order valence-corrected chi connectivity index (χ4v) is 4.80. The van der Waals surface area contributed by atoms with Crippen LogP contribution in [0.15, 0.2) is 47.1 Å². The van der Waals surface area contributed by atoms with Crippen LogP contribution in [0.3, 0.4) is 0 Å². The fraction of sp³-hybridized carbons (Fsp3) is 0.200. The predicted octanol–water partition coefficient (Wildman–Crippen LogP) is 7.54. The summed E-state index contributed by atoms with van der Waals surface area (Å²) in [6.45, 7) is 1.68. The molecule has 0 radical (unpaired) electrons. The van der Waals surface area contributed by atoms with Gasteiger partial charge in [-0.05, 0) is 36.2 Å². The van der Waals surface area contributed by atoms with Crippen LogP contribution in [-0.2, 0) is 12.4 Å². The average Bonchev–Trinajstić information content (AvgIpc) is 3.01. The molecule has 30 heavy (non-hydrogen) atoms. The van der Waals surface area contributed by atoms with E-state index in [1.54, 1.807) is 6.92 Å². The fourth-order valence-electron chi connectivity index (χ4n) is 3.42. The first kappa shape index (κ1) is 21.0. The monoisotopic (exact) mass is 463 g/mol. The minimum Gasteiger partial charge on any atom is -0.383 e. The van der Waals surface area contributed by atoms with Crippen LogP contribution >= 0.6 is 22.9 Å². The van der Waals surface area contributed by atoms with Crippen LogP contribution in [0.5, 0.6) is 0 Å². The van der Waals surface area contributed by atoms with Crippen molar-refractivity contribution >= 4 is 38.0 Å². The molecule has 1 aliphatic rings. The van der Waals surface area contributed by atoms with Crippen molar-refractivity contribution in [2.24, 2.45) is 0 Å². The number of rotatable bonds is 1. The van der Waals surface area contributed by atoms with Crippen LogP contribution in [-0.4, -0.2) is 5.11 Å². The third kappa shape index (κ3) is 3.44. The Morgan fingerprint density at radius 2 is 1.70 bits per heavy atom. The third-order valence-electron chi connectivity index (χ3n) is 4.86. The number of allylic oxidation sites excluding steroid dienone is 1. The molecule has 0 aliphatic carbocycles. The number of anilines is 1. The second kappa shape index (κ2) is 6.90. The van der Waals surface area contributed by atoms with Crippen molar-refractivity contribution < 1.29 is 31.4 Å². The second-order valence-electron chi connectivity index (χ2n) is 6.81. The van der Waals surface area contributed by atoms with Gasteiger partial charge in [0.05, 0.1) is 21.2 Å². The zero-order chi connectivity index (χ0) is 22.0. The van der Waals surface area contributed by atoms with Crippen LogP contribution in [0, 0.1) is 0 Å². The number of halogens is 7. The summed E-state index contributed by atoms with van der Waals surface area (Å²) in [6, 6.07) is 5.97. The van der Waals surface area contributed by atoms with Crippen molar-refractivity contribution in [3.8, 4) is 11.1 Å². The molecule has 1 aromatic heterocycles. The molecule has 0 saturated carbocycles. The molecule has 1 atom stereocenters. The average molecular weight is 464 g/mol. The topological polar surface area (TPSA) is 32.3 Å². The number of nitrogens with one attached hydrogen (secondary N) is 1. The lowest BCUT2D eigenvalue weighted by Crippen LogP contribution is -2.12. The van der Waals surface area contributed by atoms with E-state index < -0.39 is 29.6 Å². The van der Waals surface area contributed by atoms with Gasteiger partial charge >= 0.3 is 12.4 Å². The molecule has 0 saturated heterocycles. The summed E-state index contributed by atoms with van der Waals surface area (Å²) in [5.41, 5.74) is -1.89. The Bertz CT molecular complexity index is 1190. The van der Waals surface area contributed by atoms with Gasteiger partial charge in [0, 0.05) is 21.3 Å². The van der Waals surface area contributed by atoms with E-state index in [1.807, 2.05) is 0 Å². The lowest BCUT2D eigenvalue weighted by atomic mass is 9.95. The number of hydrogen-bond acceptors (Lipinski definition) is 3. The highest BCUT2D eigenvalue weighted by atomic mass is 35.5. The summed E-state index contributed by atoms with van der Waals surface area (Å²) >= 11 is 7.32. The second-order valence-corrected chi connectivity index (χ2v) is 8.27. The minimum atomic E-state index is -4.97. The molecule has 0 spiro atoms. The van der Waals surface area contributed by atoms with Crippen LogP contribution in [0.25, 0.3) is 21.2 Å². The van der Waals surface area contributed by atoms with E-state index in [0.29, 0.717) is 32.4 Å². The van der Waals surface area contributed by atoms with Gasteiger partial charge < -0.3 is 10.4 Å². The van der Waals surface area contributed by atoms with Gasteiger partial charge in [0.25, 0.3) is 0 Å². The first-order valence-electron chi connectivity index (χ1n) is 8.54. The van der Waals surface area contributed by atoms with Gasteiger partial charge in [-0.3, -0.25) is 0 Å². The molecule has 0 amide bonds. The van der Waals surface area contributed by atoms with E-state index in [4.69, 9.17) is 11.6 Å². The van der Waals surface area contributed by atoms with Gasteiger partial charge in [0.2, 0.25) is 0 Å². The van der Waals surface area contributed by atoms with E-state index in [-0.39, 0.29) is 22.2 Å². The van der Waals surface area contributed by atoms with Gasteiger partial charge in [-0.1, -0.05) is 29.8 Å². The molecule has 3 aromatic rings. The molecule has 10 heteroatoms. The van der Waals surface area contributed by atoms with Crippen molar-refractivity contribution in [1.29, 1.82) is 0 Å². The van der Waals surface area contributed by atoms with E-state index in [1.165, 1.54) is 29.5 Å². The van der Waals surface area contributed by atoms with E-state index in [0.717, 1.165) is 6.07 Å². The van der Waals surface area contributed by atoms with Crippen molar-refractivity contribution in [2.75, 3.05) is 5.32 Å². The Morgan fingerprint density at radius 3 is 2.33 bits per heavy atom. The Kier molecular flexibility index (Phi) is 4.83. The molecule has 2 aromatic carbocycles. The highest BCUT2D eigenvalue weighted by Gasteiger charge is 2.38. The molecule has 4 rings (SSSR count). The Balaban J connectivity index is 1.87. The van der Waals surface area contributed by atoms with E-state index in [9.17, 15) is 31.4 Å². The smallest absolute Gasteiger partial charge is 0.383 e.